The Morgan fingerprint density at radius 1 is 0.426 bits per heavy atom. The summed E-state index contributed by atoms with van der Waals surface area (Å²) < 4.78 is 11.5. The van der Waals surface area contributed by atoms with E-state index in [4.69, 9.17) is 9.47 Å². The SMILES string of the molecule is CCCCCCCCCCCOC(=O)CCCCCCCN(CCCCO)CCCCCCCC(=O)OC(CCCCCCCC)CCCCCCCC. The van der Waals surface area contributed by atoms with Crippen molar-refractivity contribution in [3.8, 4) is 0 Å². The predicted molar refractivity (Wildman–Crippen MR) is 232 cm³/mol. The molecule has 0 unspecified atom stereocenters. The Bertz CT molecular complexity index is 745. The molecule has 0 aromatic heterocycles. The summed E-state index contributed by atoms with van der Waals surface area (Å²) in [7, 11) is 0. The van der Waals surface area contributed by atoms with E-state index in [0.717, 1.165) is 77.4 Å². The van der Waals surface area contributed by atoms with Gasteiger partial charge in [0.2, 0.25) is 0 Å². The van der Waals surface area contributed by atoms with Gasteiger partial charge in [-0.3, -0.25) is 9.59 Å². The largest absolute Gasteiger partial charge is 0.466 e. The number of esters is 2. The monoisotopic (exact) mass is 766 g/mol. The molecule has 0 rings (SSSR count). The highest BCUT2D eigenvalue weighted by Crippen LogP contribution is 2.19. The molecular weight excluding hydrogens is 671 g/mol. The van der Waals surface area contributed by atoms with Crippen LogP contribution < -0.4 is 0 Å². The van der Waals surface area contributed by atoms with Crippen LogP contribution in [0.15, 0.2) is 0 Å². The van der Waals surface area contributed by atoms with Gasteiger partial charge < -0.3 is 19.5 Å². The first-order valence-electron chi connectivity index (χ1n) is 24.3. The average Bonchev–Trinajstić information content (AvgIpc) is 3.17. The number of nitrogens with zero attached hydrogens (tertiary/aromatic N) is 1. The Balaban J connectivity index is 4.06. The zero-order valence-corrected chi connectivity index (χ0v) is 36.8. The first kappa shape index (κ1) is 52.9. The summed E-state index contributed by atoms with van der Waals surface area (Å²) >= 11 is 0. The van der Waals surface area contributed by atoms with Gasteiger partial charge in [0.15, 0.2) is 0 Å². The number of aliphatic hydroxyl groups excluding tert-OH is 1. The molecule has 0 heterocycles. The van der Waals surface area contributed by atoms with Gasteiger partial charge in [0, 0.05) is 19.4 Å². The van der Waals surface area contributed by atoms with Crippen LogP contribution in [-0.2, 0) is 19.1 Å². The average molecular weight is 766 g/mol. The third-order valence-electron chi connectivity index (χ3n) is 11.2. The second-order valence-electron chi connectivity index (χ2n) is 16.6. The molecule has 0 fully saturated rings. The number of unbranched alkanes of at least 4 members (excludes halogenated alkanes) is 27. The molecule has 0 bridgehead atoms. The first-order valence-corrected chi connectivity index (χ1v) is 24.3. The van der Waals surface area contributed by atoms with Crippen molar-refractivity contribution in [3.05, 3.63) is 0 Å². The molecule has 6 nitrogen and oxygen atoms in total. The molecule has 0 radical (unpaired) electrons. The molecule has 6 heteroatoms. The summed E-state index contributed by atoms with van der Waals surface area (Å²) in [5.74, 6) is 0.00658. The van der Waals surface area contributed by atoms with Crippen LogP contribution in [0.25, 0.3) is 0 Å². The van der Waals surface area contributed by atoms with Crippen LogP contribution in [0.3, 0.4) is 0 Å². The highest BCUT2D eigenvalue weighted by molar-refractivity contribution is 5.69. The number of carbonyl (C=O) groups is 2. The standard InChI is InChI=1S/C48H95NO5/c1-4-7-10-13-16-17-18-27-36-45-53-47(51)39-30-23-19-25-32-41-49(43-34-35-44-50)42-33-26-20-24-31-40-48(52)54-46(37-28-21-14-11-8-5-2)38-29-22-15-12-9-6-3/h46,50H,4-45H2,1-3H3. The van der Waals surface area contributed by atoms with E-state index in [2.05, 4.69) is 25.7 Å². The van der Waals surface area contributed by atoms with E-state index >= 15 is 0 Å². The van der Waals surface area contributed by atoms with E-state index in [0.29, 0.717) is 19.4 Å². The fourth-order valence-electron chi connectivity index (χ4n) is 7.54. The Labute approximate surface area is 337 Å². The number of hydrogen-bond acceptors (Lipinski definition) is 6. The topological polar surface area (TPSA) is 76.1 Å². The van der Waals surface area contributed by atoms with Crippen molar-refractivity contribution in [2.75, 3.05) is 32.8 Å². The smallest absolute Gasteiger partial charge is 0.306 e. The maximum Gasteiger partial charge on any atom is 0.306 e. The van der Waals surface area contributed by atoms with Crippen molar-refractivity contribution in [2.24, 2.45) is 0 Å². The molecule has 0 atom stereocenters. The summed E-state index contributed by atoms with van der Waals surface area (Å²) in [6.07, 6.45) is 43.5. The fourth-order valence-corrected chi connectivity index (χ4v) is 7.54. The lowest BCUT2D eigenvalue weighted by Crippen LogP contribution is -2.27. The highest BCUT2D eigenvalue weighted by atomic mass is 16.5. The normalized spacial score (nSPS) is 11.6. The summed E-state index contributed by atoms with van der Waals surface area (Å²) in [5.41, 5.74) is 0. The number of aliphatic hydroxyl groups is 1. The van der Waals surface area contributed by atoms with E-state index in [1.807, 2.05) is 0 Å². The van der Waals surface area contributed by atoms with Crippen LogP contribution in [0, 0.1) is 0 Å². The molecule has 322 valence electrons. The van der Waals surface area contributed by atoms with Crippen LogP contribution in [0.1, 0.15) is 258 Å². The second-order valence-corrected chi connectivity index (χ2v) is 16.6. The lowest BCUT2D eigenvalue weighted by atomic mass is 10.0. The Morgan fingerprint density at radius 3 is 1.22 bits per heavy atom. The molecule has 0 aliphatic rings. The van der Waals surface area contributed by atoms with Gasteiger partial charge in [0.1, 0.15) is 6.10 Å². The molecule has 54 heavy (non-hydrogen) atoms. The lowest BCUT2D eigenvalue weighted by Gasteiger charge is -2.22. The Morgan fingerprint density at radius 2 is 0.778 bits per heavy atom. The van der Waals surface area contributed by atoms with E-state index in [1.54, 1.807) is 0 Å². The zero-order chi connectivity index (χ0) is 39.4. The molecule has 0 saturated heterocycles. The summed E-state index contributed by atoms with van der Waals surface area (Å²) in [4.78, 5) is 27.4. The van der Waals surface area contributed by atoms with Gasteiger partial charge in [-0.2, -0.15) is 0 Å². The van der Waals surface area contributed by atoms with E-state index < -0.39 is 0 Å². The van der Waals surface area contributed by atoms with E-state index in [-0.39, 0.29) is 24.6 Å². The molecule has 0 saturated carbocycles. The summed E-state index contributed by atoms with van der Waals surface area (Å²) in [5, 5.41) is 9.28. The molecule has 0 aromatic carbocycles. The van der Waals surface area contributed by atoms with E-state index in [9.17, 15) is 14.7 Å². The third kappa shape index (κ3) is 40.5. The quantitative estimate of drug-likeness (QED) is 0.0491. The molecule has 0 aliphatic heterocycles. The summed E-state index contributed by atoms with van der Waals surface area (Å²) in [6.45, 7) is 11.0. The van der Waals surface area contributed by atoms with Crippen LogP contribution in [0.2, 0.25) is 0 Å². The minimum Gasteiger partial charge on any atom is -0.466 e. The molecular formula is C48H95NO5. The predicted octanol–water partition coefficient (Wildman–Crippen LogP) is 14.2. The third-order valence-corrected chi connectivity index (χ3v) is 11.2. The van der Waals surface area contributed by atoms with Gasteiger partial charge in [-0.1, -0.05) is 175 Å². The van der Waals surface area contributed by atoms with Gasteiger partial charge in [-0.15, -0.1) is 0 Å². The van der Waals surface area contributed by atoms with E-state index in [1.165, 1.54) is 167 Å². The number of rotatable bonds is 45. The van der Waals surface area contributed by atoms with Gasteiger partial charge in [0.25, 0.3) is 0 Å². The second kappa shape index (κ2) is 44.6. The minimum atomic E-state index is -0.0178. The Kier molecular flexibility index (Phi) is 43.6. The molecule has 0 amide bonds. The summed E-state index contributed by atoms with van der Waals surface area (Å²) in [6, 6.07) is 0. The highest BCUT2D eigenvalue weighted by Gasteiger charge is 2.14. The first-order chi connectivity index (χ1) is 26.6. The van der Waals surface area contributed by atoms with Crippen molar-refractivity contribution in [1.29, 1.82) is 0 Å². The molecule has 0 aliphatic carbocycles. The molecule has 0 spiro atoms. The number of ether oxygens (including phenoxy) is 2. The minimum absolute atomic E-state index is 0.0178. The maximum absolute atomic E-state index is 12.8. The van der Waals surface area contributed by atoms with Crippen LogP contribution in [0.4, 0.5) is 0 Å². The fraction of sp³-hybridized carbons (Fsp3) is 0.958. The lowest BCUT2D eigenvalue weighted by molar-refractivity contribution is -0.150. The van der Waals surface area contributed by atoms with Gasteiger partial charge in [0.05, 0.1) is 6.61 Å². The van der Waals surface area contributed by atoms with Crippen LogP contribution in [0.5, 0.6) is 0 Å². The van der Waals surface area contributed by atoms with Gasteiger partial charge in [-0.25, -0.2) is 0 Å². The Hall–Kier alpha value is -1.14. The van der Waals surface area contributed by atoms with Crippen molar-refractivity contribution < 1.29 is 24.2 Å². The van der Waals surface area contributed by atoms with Gasteiger partial charge >= 0.3 is 11.9 Å². The zero-order valence-electron chi connectivity index (χ0n) is 36.8. The molecule has 1 N–H and O–H groups in total. The molecule has 0 aromatic rings. The van der Waals surface area contributed by atoms with Crippen molar-refractivity contribution in [1.82, 2.24) is 4.90 Å². The maximum atomic E-state index is 12.8. The number of carbonyl (C=O) groups excluding carboxylic acids is 2. The van der Waals surface area contributed by atoms with Crippen LogP contribution >= 0.6 is 0 Å². The van der Waals surface area contributed by atoms with Crippen molar-refractivity contribution >= 4 is 11.9 Å². The van der Waals surface area contributed by atoms with Gasteiger partial charge in [-0.05, 0) is 90.3 Å². The number of hydrogen-bond donors (Lipinski definition) is 1. The van der Waals surface area contributed by atoms with Crippen molar-refractivity contribution in [2.45, 2.75) is 264 Å². The van der Waals surface area contributed by atoms with Crippen molar-refractivity contribution in [3.63, 3.8) is 0 Å². The van der Waals surface area contributed by atoms with Crippen LogP contribution in [-0.4, -0.2) is 60.9 Å².